The van der Waals surface area contributed by atoms with Gasteiger partial charge in [-0.2, -0.15) is 0 Å². The lowest BCUT2D eigenvalue weighted by Crippen LogP contribution is -2.49. The Kier molecular flexibility index (Phi) is 4.92. The van der Waals surface area contributed by atoms with Crippen molar-refractivity contribution in [1.82, 2.24) is 0 Å². The van der Waals surface area contributed by atoms with Crippen LogP contribution in [0, 0.1) is 0 Å². The van der Waals surface area contributed by atoms with Crippen LogP contribution in [0.2, 0.25) is 5.02 Å². The van der Waals surface area contributed by atoms with Crippen molar-refractivity contribution in [3.63, 3.8) is 0 Å². The molecule has 0 aliphatic heterocycles. The topological polar surface area (TPSA) is 110 Å². The first-order valence-corrected chi connectivity index (χ1v) is 5.49. The molecular weight excluding hydrogens is 262 g/mol. The molecule has 1 aromatic rings. The highest BCUT2D eigenvalue weighted by molar-refractivity contribution is 6.33. The lowest BCUT2D eigenvalue weighted by atomic mass is 10.0. The highest BCUT2D eigenvalue weighted by Crippen LogP contribution is 2.26. The predicted octanol–water partition coefficient (Wildman–Crippen LogP) is 0.166. The fourth-order valence-electron chi connectivity index (χ4n) is 1.30. The summed E-state index contributed by atoms with van der Waals surface area (Å²) in [5, 5.41) is 39.0. The zero-order chi connectivity index (χ0) is 13.8. The standard InChI is InChI=1S/C11H14ClNO5/c12-8-3-7(10(17)18)1-2-9(8)13-11(4-14,5-15)6-16/h1-3,13-16H,4-6H2,(H,17,18). The molecule has 0 radical (unpaired) electrons. The molecular formula is C11H14ClNO5. The number of aliphatic hydroxyl groups excluding tert-OH is 3. The number of rotatable bonds is 6. The summed E-state index contributed by atoms with van der Waals surface area (Å²) in [4.78, 5) is 10.7. The van der Waals surface area contributed by atoms with E-state index in [-0.39, 0.29) is 10.6 Å². The zero-order valence-corrected chi connectivity index (χ0v) is 10.2. The Labute approximate surface area is 108 Å². The van der Waals surface area contributed by atoms with Gasteiger partial charge in [0.1, 0.15) is 5.54 Å². The molecule has 0 unspecified atom stereocenters. The highest BCUT2D eigenvalue weighted by atomic mass is 35.5. The lowest BCUT2D eigenvalue weighted by Gasteiger charge is -2.30. The Morgan fingerprint density at radius 1 is 1.22 bits per heavy atom. The van der Waals surface area contributed by atoms with Crippen LogP contribution >= 0.6 is 11.6 Å². The Bertz CT molecular complexity index is 425. The maximum atomic E-state index is 10.7. The van der Waals surface area contributed by atoms with E-state index in [2.05, 4.69) is 5.32 Å². The molecule has 6 nitrogen and oxygen atoms in total. The van der Waals surface area contributed by atoms with Crippen molar-refractivity contribution in [3.05, 3.63) is 28.8 Å². The first-order chi connectivity index (χ1) is 8.48. The first kappa shape index (κ1) is 14.7. The summed E-state index contributed by atoms with van der Waals surface area (Å²) < 4.78 is 0. The van der Waals surface area contributed by atoms with E-state index in [0.29, 0.717) is 5.69 Å². The smallest absolute Gasteiger partial charge is 0.335 e. The number of anilines is 1. The predicted molar refractivity (Wildman–Crippen MR) is 66.0 cm³/mol. The van der Waals surface area contributed by atoms with Crippen molar-refractivity contribution in [2.45, 2.75) is 5.54 Å². The van der Waals surface area contributed by atoms with E-state index in [1.807, 2.05) is 0 Å². The molecule has 0 spiro atoms. The van der Waals surface area contributed by atoms with Gasteiger partial charge in [0.25, 0.3) is 0 Å². The van der Waals surface area contributed by atoms with E-state index in [9.17, 15) is 4.79 Å². The van der Waals surface area contributed by atoms with E-state index in [4.69, 9.17) is 32.0 Å². The molecule has 5 N–H and O–H groups in total. The zero-order valence-electron chi connectivity index (χ0n) is 9.43. The van der Waals surface area contributed by atoms with E-state index in [1.165, 1.54) is 18.2 Å². The van der Waals surface area contributed by atoms with Crippen molar-refractivity contribution in [2.24, 2.45) is 0 Å². The quantitative estimate of drug-likeness (QED) is 0.506. The van der Waals surface area contributed by atoms with Crippen LogP contribution < -0.4 is 5.32 Å². The average Bonchev–Trinajstić information content (AvgIpc) is 2.38. The van der Waals surface area contributed by atoms with Gasteiger partial charge in [0, 0.05) is 0 Å². The van der Waals surface area contributed by atoms with Gasteiger partial charge in [-0.25, -0.2) is 4.79 Å². The van der Waals surface area contributed by atoms with Gasteiger partial charge < -0.3 is 25.7 Å². The second kappa shape index (κ2) is 6.01. The Morgan fingerprint density at radius 3 is 2.17 bits per heavy atom. The van der Waals surface area contributed by atoms with E-state index in [0.717, 1.165) is 0 Å². The fourth-order valence-corrected chi connectivity index (χ4v) is 1.53. The van der Waals surface area contributed by atoms with Crippen LogP contribution in [-0.4, -0.2) is 51.8 Å². The van der Waals surface area contributed by atoms with Gasteiger partial charge in [0.2, 0.25) is 0 Å². The number of aliphatic hydroxyl groups is 3. The molecule has 100 valence electrons. The first-order valence-electron chi connectivity index (χ1n) is 5.11. The number of carboxylic acids is 1. The fraction of sp³-hybridized carbons (Fsp3) is 0.364. The largest absolute Gasteiger partial charge is 0.478 e. The van der Waals surface area contributed by atoms with Gasteiger partial charge >= 0.3 is 5.97 Å². The lowest BCUT2D eigenvalue weighted by molar-refractivity contribution is 0.0696. The third kappa shape index (κ3) is 3.11. The summed E-state index contributed by atoms with van der Waals surface area (Å²) in [7, 11) is 0. The number of benzene rings is 1. The number of nitrogens with one attached hydrogen (secondary N) is 1. The van der Waals surface area contributed by atoms with Crippen LogP contribution in [0.3, 0.4) is 0 Å². The molecule has 0 bridgehead atoms. The summed E-state index contributed by atoms with van der Waals surface area (Å²) in [5.74, 6) is -1.11. The number of halogens is 1. The monoisotopic (exact) mass is 275 g/mol. The summed E-state index contributed by atoms with van der Waals surface area (Å²) >= 11 is 5.88. The highest BCUT2D eigenvalue weighted by Gasteiger charge is 2.28. The van der Waals surface area contributed by atoms with Gasteiger partial charge in [0.15, 0.2) is 0 Å². The van der Waals surface area contributed by atoms with Crippen molar-refractivity contribution < 1.29 is 25.2 Å². The molecule has 0 saturated heterocycles. The average molecular weight is 276 g/mol. The minimum atomic E-state index is -1.31. The van der Waals surface area contributed by atoms with Gasteiger partial charge in [0.05, 0.1) is 36.1 Å². The van der Waals surface area contributed by atoms with Gasteiger partial charge in [-0.15, -0.1) is 0 Å². The van der Waals surface area contributed by atoms with Crippen molar-refractivity contribution in [2.75, 3.05) is 25.1 Å². The SMILES string of the molecule is O=C(O)c1ccc(NC(CO)(CO)CO)c(Cl)c1. The maximum Gasteiger partial charge on any atom is 0.335 e. The van der Waals surface area contributed by atoms with Gasteiger partial charge in [-0.1, -0.05) is 11.6 Å². The van der Waals surface area contributed by atoms with Crippen LogP contribution in [0.25, 0.3) is 0 Å². The van der Waals surface area contributed by atoms with Crippen LogP contribution in [0.5, 0.6) is 0 Å². The van der Waals surface area contributed by atoms with Gasteiger partial charge in [-0.3, -0.25) is 0 Å². The number of aromatic carboxylic acids is 1. The van der Waals surface area contributed by atoms with Crippen LogP contribution in [-0.2, 0) is 0 Å². The number of carboxylic acid groups (broad SMARTS) is 1. The van der Waals surface area contributed by atoms with E-state index >= 15 is 0 Å². The molecule has 0 atom stereocenters. The number of carbonyl (C=O) groups is 1. The third-order valence-corrected chi connectivity index (χ3v) is 2.84. The summed E-state index contributed by atoms with van der Waals surface area (Å²) in [5.41, 5.74) is -0.971. The number of hydrogen-bond acceptors (Lipinski definition) is 5. The van der Waals surface area contributed by atoms with Crippen LogP contribution in [0.15, 0.2) is 18.2 Å². The van der Waals surface area contributed by atoms with Crippen molar-refractivity contribution in [3.8, 4) is 0 Å². The minimum absolute atomic E-state index is 0.0214. The molecule has 1 rings (SSSR count). The summed E-state index contributed by atoms with van der Waals surface area (Å²) in [6.45, 7) is -1.51. The second-order valence-corrected chi connectivity index (χ2v) is 4.29. The molecule has 0 fully saturated rings. The molecule has 0 heterocycles. The molecule has 0 aromatic heterocycles. The molecule has 0 aliphatic rings. The summed E-state index contributed by atoms with van der Waals surface area (Å²) in [6, 6.07) is 3.97. The van der Waals surface area contributed by atoms with Crippen molar-refractivity contribution in [1.29, 1.82) is 0 Å². The Balaban J connectivity index is 3.01. The number of hydrogen-bond donors (Lipinski definition) is 5. The molecule has 18 heavy (non-hydrogen) atoms. The summed E-state index contributed by atoms with van der Waals surface area (Å²) in [6.07, 6.45) is 0. The van der Waals surface area contributed by atoms with E-state index in [1.54, 1.807) is 0 Å². The molecule has 0 amide bonds. The third-order valence-electron chi connectivity index (χ3n) is 2.52. The van der Waals surface area contributed by atoms with Crippen molar-refractivity contribution >= 4 is 23.3 Å². The molecule has 0 aliphatic carbocycles. The normalized spacial score (nSPS) is 11.3. The minimum Gasteiger partial charge on any atom is -0.478 e. The maximum absolute atomic E-state index is 10.7. The second-order valence-electron chi connectivity index (χ2n) is 3.88. The molecule has 1 aromatic carbocycles. The van der Waals surface area contributed by atoms with E-state index < -0.39 is 31.3 Å². The molecule has 7 heteroatoms. The van der Waals surface area contributed by atoms with Crippen LogP contribution in [0.4, 0.5) is 5.69 Å². The molecule has 0 saturated carbocycles. The van der Waals surface area contributed by atoms with Crippen LogP contribution in [0.1, 0.15) is 10.4 Å². The Morgan fingerprint density at radius 2 is 1.78 bits per heavy atom. The van der Waals surface area contributed by atoms with Gasteiger partial charge in [-0.05, 0) is 18.2 Å². The Hall–Kier alpha value is -1.34.